The van der Waals surface area contributed by atoms with E-state index in [0.29, 0.717) is 0 Å². The maximum Gasteiger partial charge on any atom is 0.0541 e. The topological polar surface area (TPSA) is 4.93 Å². The van der Waals surface area contributed by atoms with Gasteiger partial charge in [0.15, 0.2) is 0 Å². The average molecular weight is 722 g/mol. The molecule has 0 atom stereocenters. The summed E-state index contributed by atoms with van der Waals surface area (Å²) in [5, 5.41) is 15.1. The molecule has 0 aliphatic carbocycles. The Bertz CT molecular complexity index is 3510. The van der Waals surface area contributed by atoms with Gasteiger partial charge in [0.1, 0.15) is 0 Å². The zero-order valence-electron chi connectivity index (χ0n) is 31.2. The second-order valence-corrected chi connectivity index (χ2v) is 15.3. The number of aromatic nitrogens is 1. The van der Waals surface area contributed by atoms with Crippen LogP contribution in [0.5, 0.6) is 0 Å². The van der Waals surface area contributed by atoms with Gasteiger partial charge >= 0.3 is 0 Å². The van der Waals surface area contributed by atoms with Crippen LogP contribution in [0.1, 0.15) is 0 Å². The van der Waals surface area contributed by atoms with Crippen molar-refractivity contribution in [2.24, 2.45) is 0 Å². The molecule has 11 aromatic carbocycles. The molecule has 57 heavy (non-hydrogen) atoms. The van der Waals surface area contributed by atoms with Crippen LogP contribution in [0.15, 0.2) is 212 Å². The van der Waals surface area contributed by atoms with Gasteiger partial charge in [0.05, 0.1) is 11.0 Å². The highest BCUT2D eigenvalue weighted by atomic mass is 15.0. The predicted molar refractivity (Wildman–Crippen MR) is 245 cm³/mol. The first kappa shape index (κ1) is 31.8. The fraction of sp³-hybridized carbons (Fsp3) is 0. The van der Waals surface area contributed by atoms with Crippen molar-refractivity contribution in [3.8, 4) is 39.1 Å². The van der Waals surface area contributed by atoms with Crippen LogP contribution < -0.4 is 0 Å². The normalized spacial score (nSPS) is 11.9. The van der Waals surface area contributed by atoms with Crippen LogP contribution in [-0.2, 0) is 0 Å². The molecule has 0 bridgehead atoms. The van der Waals surface area contributed by atoms with Crippen LogP contribution >= 0.6 is 0 Å². The Kier molecular flexibility index (Phi) is 7.00. The van der Waals surface area contributed by atoms with E-state index in [9.17, 15) is 0 Å². The third kappa shape index (κ3) is 4.96. The Morgan fingerprint density at radius 3 is 1.46 bits per heavy atom. The molecule has 12 aromatic rings. The minimum atomic E-state index is 1.16. The summed E-state index contributed by atoms with van der Waals surface area (Å²) in [5.74, 6) is 0. The molecular weight excluding hydrogens is 687 g/mol. The van der Waals surface area contributed by atoms with E-state index < -0.39 is 0 Å². The van der Waals surface area contributed by atoms with Crippen LogP contribution in [0.3, 0.4) is 0 Å². The van der Waals surface area contributed by atoms with Crippen molar-refractivity contribution in [1.29, 1.82) is 0 Å². The minimum absolute atomic E-state index is 1.16. The summed E-state index contributed by atoms with van der Waals surface area (Å²) >= 11 is 0. The largest absolute Gasteiger partial charge is 0.309 e. The minimum Gasteiger partial charge on any atom is -0.309 e. The molecule has 1 heteroatoms. The fourth-order valence-electron chi connectivity index (χ4n) is 9.51. The lowest BCUT2D eigenvalue weighted by molar-refractivity contribution is 1.18. The fourth-order valence-corrected chi connectivity index (χ4v) is 9.51. The van der Waals surface area contributed by atoms with Gasteiger partial charge in [-0.2, -0.15) is 0 Å². The summed E-state index contributed by atoms with van der Waals surface area (Å²) in [4.78, 5) is 0. The van der Waals surface area contributed by atoms with Crippen LogP contribution in [0.2, 0.25) is 0 Å². The summed E-state index contributed by atoms with van der Waals surface area (Å²) < 4.78 is 2.40. The highest BCUT2D eigenvalue weighted by molar-refractivity contribution is 6.23. The average Bonchev–Trinajstić information content (AvgIpc) is 3.61. The summed E-state index contributed by atoms with van der Waals surface area (Å²) in [5.41, 5.74) is 11.0. The number of nitrogens with zero attached hydrogens (tertiary/aromatic N) is 1. The highest BCUT2D eigenvalue weighted by Gasteiger charge is 2.19. The Hall–Kier alpha value is -7.48. The van der Waals surface area contributed by atoms with E-state index in [-0.39, 0.29) is 0 Å². The maximum absolute atomic E-state index is 2.45. The van der Waals surface area contributed by atoms with E-state index in [4.69, 9.17) is 0 Å². The molecule has 264 valence electrons. The maximum atomic E-state index is 2.45. The van der Waals surface area contributed by atoms with Crippen LogP contribution in [-0.4, -0.2) is 4.57 Å². The second kappa shape index (κ2) is 12.5. The van der Waals surface area contributed by atoms with Crippen molar-refractivity contribution in [2.45, 2.75) is 0 Å². The molecule has 0 spiro atoms. The van der Waals surface area contributed by atoms with Crippen molar-refractivity contribution in [3.05, 3.63) is 212 Å². The SMILES string of the molecule is c1ccc2cc(-c3c4ccccc4c(-c4ccc(-n5c6ccccc6c6ccccc65)cc4)c4ccc(-c5cccc6cc7ccccc7cc56)cc34)ccc2c1. The molecule has 0 amide bonds. The van der Waals surface area contributed by atoms with Crippen LogP contribution in [0.4, 0.5) is 0 Å². The smallest absolute Gasteiger partial charge is 0.0541 e. The number of rotatable bonds is 4. The number of para-hydroxylation sites is 2. The molecule has 0 aliphatic rings. The van der Waals surface area contributed by atoms with Crippen molar-refractivity contribution in [1.82, 2.24) is 4.57 Å². The Labute approximate surface area is 330 Å². The molecule has 0 N–H and O–H groups in total. The quantitative estimate of drug-likeness (QED) is 0.160. The summed E-state index contributed by atoms with van der Waals surface area (Å²) in [6, 6.07) is 78.5. The number of hydrogen-bond donors (Lipinski definition) is 0. The summed E-state index contributed by atoms with van der Waals surface area (Å²) in [7, 11) is 0. The van der Waals surface area contributed by atoms with Gasteiger partial charge in [0.25, 0.3) is 0 Å². The van der Waals surface area contributed by atoms with Gasteiger partial charge in [0, 0.05) is 16.5 Å². The van der Waals surface area contributed by atoms with Crippen LogP contribution in [0, 0.1) is 0 Å². The van der Waals surface area contributed by atoms with E-state index in [1.165, 1.54) is 109 Å². The molecule has 0 unspecified atom stereocenters. The summed E-state index contributed by atoms with van der Waals surface area (Å²) in [6.07, 6.45) is 0. The molecule has 1 heterocycles. The Morgan fingerprint density at radius 1 is 0.246 bits per heavy atom. The lowest BCUT2D eigenvalue weighted by Gasteiger charge is -2.20. The lowest BCUT2D eigenvalue weighted by atomic mass is 9.84. The van der Waals surface area contributed by atoms with Crippen molar-refractivity contribution in [2.75, 3.05) is 0 Å². The van der Waals surface area contributed by atoms with Gasteiger partial charge in [0.2, 0.25) is 0 Å². The number of benzene rings is 11. The molecule has 0 saturated carbocycles. The highest BCUT2D eigenvalue weighted by Crippen LogP contribution is 2.46. The van der Waals surface area contributed by atoms with Crippen molar-refractivity contribution < 1.29 is 0 Å². The predicted octanol–water partition coefficient (Wildman–Crippen LogP) is 15.6. The van der Waals surface area contributed by atoms with E-state index >= 15 is 0 Å². The number of fused-ring (bicyclic) bond motifs is 8. The van der Waals surface area contributed by atoms with Gasteiger partial charge in [-0.25, -0.2) is 0 Å². The first-order valence-electron chi connectivity index (χ1n) is 19.8. The standard InChI is InChI=1S/C56H35N/c1-2-13-38-33-43(25-24-36(38)12-1)56-49-20-6-5-19-48(49)55(37-26-29-44(30-27-37)57-53-22-9-7-17-46(53)47-18-8-10-23-54(47)57)50-31-28-42(35-52(50)56)45-21-11-16-41-32-39-14-3-4-15-40(39)34-51(41)45/h1-35H. The van der Waals surface area contributed by atoms with Crippen LogP contribution in [0.25, 0.3) is 115 Å². The molecular formula is C56H35N. The monoisotopic (exact) mass is 721 g/mol. The van der Waals surface area contributed by atoms with Gasteiger partial charge in [-0.15, -0.1) is 0 Å². The first-order chi connectivity index (χ1) is 28.3. The third-order valence-corrected chi connectivity index (χ3v) is 12.1. The van der Waals surface area contributed by atoms with E-state index in [0.717, 1.165) is 5.69 Å². The van der Waals surface area contributed by atoms with Crippen molar-refractivity contribution >= 4 is 75.7 Å². The van der Waals surface area contributed by atoms with E-state index in [1.807, 2.05) is 0 Å². The number of hydrogen-bond acceptors (Lipinski definition) is 0. The zero-order chi connectivity index (χ0) is 37.5. The Morgan fingerprint density at radius 2 is 0.754 bits per heavy atom. The summed E-state index contributed by atoms with van der Waals surface area (Å²) in [6.45, 7) is 0. The first-order valence-corrected chi connectivity index (χ1v) is 19.8. The van der Waals surface area contributed by atoms with E-state index in [1.54, 1.807) is 0 Å². The molecule has 12 rings (SSSR count). The van der Waals surface area contributed by atoms with Gasteiger partial charge in [-0.3, -0.25) is 0 Å². The molecule has 0 fully saturated rings. The molecule has 1 aromatic heterocycles. The van der Waals surface area contributed by atoms with Crippen molar-refractivity contribution in [3.63, 3.8) is 0 Å². The molecule has 0 radical (unpaired) electrons. The zero-order valence-corrected chi connectivity index (χ0v) is 31.2. The van der Waals surface area contributed by atoms with E-state index in [2.05, 4.69) is 217 Å². The Balaban J connectivity index is 1.12. The van der Waals surface area contributed by atoms with Gasteiger partial charge in [-0.05, 0) is 136 Å². The molecule has 1 nitrogen and oxygen atoms in total. The van der Waals surface area contributed by atoms with Gasteiger partial charge < -0.3 is 4.57 Å². The lowest BCUT2D eigenvalue weighted by Crippen LogP contribution is -1.95. The molecule has 0 aliphatic heterocycles. The molecule has 0 saturated heterocycles. The third-order valence-electron chi connectivity index (χ3n) is 12.1. The van der Waals surface area contributed by atoms with Gasteiger partial charge in [-0.1, -0.05) is 164 Å². The second-order valence-electron chi connectivity index (χ2n) is 15.3.